The van der Waals surface area contributed by atoms with Gasteiger partial charge < -0.3 is 9.47 Å². The molecule has 2 aromatic heterocycles. The lowest BCUT2D eigenvalue weighted by Crippen LogP contribution is -2.26. The molecule has 6 nitrogen and oxygen atoms in total. The van der Waals surface area contributed by atoms with Gasteiger partial charge in [0.05, 0.1) is 5.69 Å². The average Bonchev–Trinajstić information content (AvgIpc) is 3.32. The molecular formula is C31H27N3O3. The molecule has 0 unspecified atom stereocenters. The Balaban J connectivity index is 1.51. The summed E-state index contributed by atoms with van der Waals surface area (Å²) in [4.78, 5) is 16.8. The van der Waals surface area contributed by atoms with E-state index in [1.165, 1.54) is 10.2 Å². The topological polar surface area (TPSA) is 66.2 Å². The maximum absolute atomic E-state index is 12.4. The molecule has 3 aromatic carbocycles. The number of rotatable bonds is 5. The molecule has 0 fully saturated rings. The van der Waals surface area contributed by atoms with Gasteiger partial charge in [-0.15, -0.1) is 0 Å². The van der Waals surface area contributed by atoms with Crippen LogP contribution in [-0.2, 0) is 4.74 Å². The summed E-state index contributed by atoms with van der Waals surface area (Å²) >= 11 is 0. The highest BCUT2D eigenvalue weighted by molar-refractivity contribution is 5.76. The molecule has 6 heteroatoms. The van der Waals surface area contributed by atoms with Crippen molar-refractivity contribution in [3.05, 3.63) is 109 Å². The maximum Gasteiger partial charge on any atom is 0.515 e. The standard InChI is InChI=1S/C31H27N3O3/c1-31(2,3)37-30(35)36-29-21-27(33-34(29)28-17-7-8-18-32-28)26-16-10-15-25(20-26)24-14-9-13-23(19-24)22-11-5-4-6-12-22/h4-21H,1-3H3. The Morgan fingerprint density at radius 1 is 0.703 bits per heavy atom. The van der Waals surface area contributed by atoms with Gasteiger partial charge in [0, 0.05) is 17.8 Å². The van der Waals surface area contributed by atoms with E-state index >= 15 is 0 Å². The number of hydrogen-bond acceptors (Lipinski definition) is 5. The van der Waals surface area contributed by atoms with Crippen LogP contribution in [0.2, 0.25) is 0 Å². The first-order valence-corrected chi connectivity index (χ1v) is 12.0. The average molecular weight is 490 g/mol. The fraction of sp³-hybridized carbons (Fsp3) is 0.129. The van der Waals surface area contributed by atoms with Crippen molar-refractivity contribution in [1.82, 2.24) is 14.8 Å². The Morgan fingerprint density at radius 3 is 1.95 bits per heavy atom. The number of ether oxygens (including phenoxy) is 2. The first-order valence-electron chi connectivity index (χ1n) is 12.0. The van der Waals surface area contributed by atoms with Crippen LogP contribution in [0, 0.1) is 0 Å². The first kappa shape index (κ1) is 24.0. The first-order chi connectivity index (χ1) is 17.9. The second-order valence-electron chi connectivity index (χ2n) is 9.56. The Bertz CT molecular complexity index is 1520. The molecule has 0 amide bonds. The van der Waals surface area contributed by atoms with E-state index in [0.29, 0.717) is 11.5 Å². The minimum absolute atomic E-state index is 0.222. The van der Waals surface area contributed by atoms with Crippen molar-refractivity contribution in [1.29, 1.82) is 0 Å². The van der Waals surface area contributed by atoms with Crippen LogP contribution in [0.5, 0.6) is 5.88 Å². The highest BCUT2D eigenvalue weighted by Gasteiger charge is 2.22. The lowest BCUT2D eigenvalue weighted by atomic mass is 9.97. The molecule has 0 aliphatic rings. The fourth-order valence-electron chi connectivity index (χ4n) is 3.94. The number of aromatic nitrogens is 3. The summed E-state index contributed by atoms with van der Waals surface area (Å²) in [5, 5.41) is 4.72. The van der Waals surface area contributed by atoms with Crippen LogP contribution in [0.25, 0.3) is 39.3 Å². The molecule has 2 heterocycles. The number of pyridine rings is 1. The molecule has 0 saturated heterocycles. The van der Waals surface area contributed by atoms with Crippen molar-refractivity contribution < 1.29 is 14.3 Å². The van der Waals surface area contributed by atoms with Crippen LogP contribution >= 0.6 is 0 Å². The van der Waals surface area contributed by atoms with E-state index in [1.807, 2.05) is 42.5 Å². The second kappa shape index (κ2) is 10.1. The number of nitrogens with zero attached hydrogens (tertiary/aromatic N) is 3. The Morgan fingerprint density at radius 2 is 1.30 bits per heavy atom. The van der Waals surface area contributed by atoms with E-state index in [4.69, 9.17) is 14.6 Å². The number of hydrogen-bond donors (Lipinski definition) is 0. The van der Waals surface area contributed by atoms with Crippen LogP contribution in [0.1, 0.15) is 20.8 Å². The molecule has 0 radical (unpaired) electrons. The molecule has 37 heavy (non-hydrogen) atoms. The third-order valence-corrected chi connectivity index (χ3v) is 5.58. The molecule has 184 valence electrons. The zero-order chi connectivity index (χ0) is 25.8. The van der Waals surface area contributed by atoms with Crippen molar-refractivity contribution in [2.75, 3.05) is 0 Å². The summed E-state index contributed by atoms with van der Waals surface area (Å²) < 4.78 is 12.4. The largest absolute Gasteiger partial charge is 0.515 e. The quantitative estimate of drug-likeness (QED) is 0.238. The van der Waals surface area contributed by atoms with E-state index in [9.17, 15) is 4.79 Å². The number of carbonyl (C=O) groups excluding carboxylic acids is 1. The van der Waals surface area contributed by atoms with Gasteiger partial charge in [-0.3, -0.25) is 0 Å². The van der Waals surface area contributed by atoms with E-state index in [2.05, 4.69) is 53.5 Å². The SMILES string of the molecule is CC(C)(C)OC(=O)Oc1cc(-c2cccc(-c3cccc(-c4ccccc4)c3)c2)nn1-c1ccccn1. The Labute approximate surface area is 216 Å². The van der Waals surface area contributed by atoms with Crippen LogP contribution in [0.3, 0.4) is 0 Å². The van der Waals surface area contributed by atoms with Gasteiger partial charge >= 0.3 is 6.16 Å². The maximum atomic E-state index is 12.4. The minimum Gasteiger partial charge on any atom is -0.428 e. The molecule has 0 aliphatic heterocycles. The monoisotopic (exact) mass is 489 g/mol. The lowest BCUT2D eigenvalue weighted by molar-refractivity contribution is 0.0192. The van der Waals surface area contributed by atoms with Gasteiger partial charge in [-0.25, -0.2) is 9.78 Å². The van der Waals surface area contributed by atoms with Crippen LogP contribution in [0.4, 0.5) is 4.79 Å². The summed E-state index contributed by atoms with van der Waals surface area (Å²) in [6.45, 7) is 5.36. The van der Waals surface area contributed by atoms with Gasteiger partial charge in [0.2, 0.25) is 5.88 Å². The second-order valence-corrected chi connectivity index (χ2v) is 9.56. The highest BCUT2D eigenvalue weighted by atomic mass is 16.7. The third kappa shape index (κ3) is 5.76. The van der Waals surface area contributed by atoms with Gasteiger partial charge in [-0.1, -0.05) is 72.8 Å². The fourth-order valence-corrected chi connectivity index (χ4v) is 3.94. The predicted molar refractivity (Wildman–Crippen MR) is 145 cm³/mol. The molecule has 0 spiro atoms. The van der Waals surface area contributed by atoms with E-state index in [1.54, 1.807) is 39.1 Å². The summed E-state index contributed by atoms with van der Waals surface area (Å²) in [6, 6.07) is 34.0. The van der Waals surface area contributed by atoms with Gasteiger partial charge in [0.15, 0.2) is 5.82 Å². The Kier molecular flexibility index (Phi) is 6.56. The molecular weight excluding hydrogens is 462 g/mol. The van der Waals surface area contributed by atoms with E-state index in [-0.39, 0.29) is 5.88 Å². The van der Waals surface area contributed by atoms with Gasteiger partial charge in [0.25, 0.3) is 0 Å². The van der Waals surface area contributed by atoms with Crippen LogP contribution < -0.4 is 4.74 Å². The predicted octanol–water partition coefficient (Wildman–Crippen LogP) is 7.58. The zero-order valence-electron chi connectivity index (χ0n) is 21.0. The zero-order valence-corrected chi connectivity index (χ0v) is 21.0. The smallest absolute Gasteiger partial charge is 0.428 e. The molecule has 0 N–H and O–H groups in total. The Hall–Kier alpha value is -4.71. The van der Waals surface area contributed by atoms with Gasteiger partial charge in [0.1, 0.15) is 5.60 Å². The normalized spacial score (nSPS) is 11.2. The van der Waals surface area contributed by atoms with Crippen molar-refractivity contribution in [3.63, 3.8) is 0 Å². The molecule has 0 bridgehead atoms. The van der Waals surface area contributed by atoms with Crippen LogP contribution in [-0.4, -0.2) is 26.5 Å². The van der Waals surface area contributed by atoms with Crippen LogP contribution in [0.15, 0.2) is 109 Å². The molecule has 0 atom stereocenters. The lowest BCUT2D eigenvalue weighted by Gasteiger charge is -2.18. The number of benzene rings is 3. The van der Waals surface area contributed by atoms with Gasteiger partial charge in [-0.05, 0) is 67.3 Å². The third-order valence-electron chi connectivity index (χ3n) is 5.58. The molecule has 0 aliphatic carbocycles. The van der Waals surface area contributed by atoms with E-state index in [0.717, 1.165) is 22.3 Å². The van der Waals surface area contributed by atoms with E-state index < -0.39 is 11.8 Å². The van der Waals surface area contributed by atoms with Gasteiger partial charge in [-0.2, -0.15) is 9.78 Å². The van der Waals surface area contributed by atoms with Crippen molar-refractivity contribution >= 4 is 6.16 Å². The van der Waals surface area contributed by atoms with Crippen molar-refractivity contribution in [2.45, 2.75) is 26.4 Å². The van der Waals surface area contributed by atoms with Crippen molar-refractivity contribution in [2.24, 2.45) is 0 Å². The summed E-state index contributed by atoms with van der Waals surface area (Å²) in [6.07, 6.45) is 0.858. The molecule has 5 rings (SSSR count). The molecule has 5 aromatic rings. The highest BCUT2D eigenvalue weighted by Crippen LogP contribution is 2.31. The molecule has 0 saturated carbocycles. The van der Waals surface area contributed by atoms with Crippen molar-refractivity contribution in [3.8, 4) is 45.2 Å². The minimum atomic E-state index is -0.803. The summed E-state index contributed by atoms with van der Waals surface area (Å²) in [7, 11) is 0. The summed E-state index contributed by atoms with van der Waals surface area (Å²) in [5.41, 5.74) is 5.30. The number of carbonyl (C=O) groups is 1. The summed E-state index contributed by atoms with van der Waals surface area (Å²) in [5.74, 6) is 0.749.